The fraction of sp³-hybridized carbons (Fsp3) is 0.520. The molecule has 2 aromatic carbocycles. The van der Waals surface area contributed by atoms with Crippen molar-refractivity contribution in [3.05, 3.63) is 58.7 Å². The van der Waals surface area contributed by atoms with Crippen LogP contribution in [-0.2, 0) is 11.2 Å². The van der Waals surface area contributed by atoms with Gasteiger partial charge in [0.25, 0.3) is 0 Å². The molecule has 1 saturated heterocycles. The second kappa shape index (κ2) is 8.23. The fourth-order valence-corrected chi connectivity index (χ4v) is 5.41. The van der Waals surface area contributed by atoms with Crippen molar-refractivity contribution in [3.8, 4) is 11.5 Å². The first-order valence-electron chi connectivity index (χ1n) is 10.9. The highest BCUT2D eigenvalue weighted by Crippen LogP contribution is 2.44. The third-order valence-electron chi connectivity index (χ3n) is 6.35. The molecule has 4 heteroatoms. The molecule has 2 heterocycles. The number of rotatable bonds is 5. The van der Waals surface area contributed by atoms with Crippen LogP contribution >= 0.6 is 11.8 Å². The van der Waals surface area contributed by atoms with E-state index in [-0.39, 0.29) is 6.10 Å². The fourth-order valence-electron chi connectivity index (χ4n) is 4.64. The van der Waals surface area contributed by atoms with E-state index in [9.17, 15) is 0 Å². The van der Waals surface area contributed by atoms with Crippen LogP contribution in [0.4, 0.5) is 0 Å². The molecule has 0 spiro atoms. The largest absolute Gasteiger partial charge is 0.486 e. The molecule has 1 saturated carbocycles. The Kier molecular flexibility index (Phi) is 5.49. The van der Waals surface area contributed by atoms with Crippen LogP contribution in [0.2, 0.25) is 0 Å². The van der Waals surface area contributed by atoms with E-state index in [1.54, 1.807) is 0 Å². The summed E-state index contributed by atoms with van der Waals surface area (Å²) in [6.07, 6.45) is 8.21. The molecule has 5 rings (SSSR count). The lowest BCUT2D eigenvalue weighted by molar-refractivity contribution is -0.0255. The molecule has 3 aliphatic rings. The molecule has 2 aromatic rings. The Morgan fingerprint density at radius 1 is 0.966 bits per heavy atom. The van der Waals surface area contributed by atoms with Gasteiger partial charge < -0.3 is 14.2 Å². The Morgan fingerprint density at radius 2 is 1.79 bits per heavy atom. The lowest BCUT2D eigenvalue weighted by atomic mass is 9.89. The number of ether oxygens (including phenoxy) is 3. The zero-order valence-electron chi connectivity index (χ0n) is 17.4. The zero-order chi connectivity index (χ0) is 19.8. The van der Waals surface area contributed by atoms with E-state index in [1.165, 1.54) is 35.1 Å². The monoisotopic (exact) mass is 410 g/mol. The molecular formula is C25H30O3S. The normalized spacial score (nSPS) is 26.3. The second-order valence-electron chi connectivity index (χ2n) is 8.75. The molecule has 0 aromatic heterocycles. The summed E-state index contributed by atoms with van der Waals surface area (Å²) in [6.45, 7) is 3.62. The Labute approximate surface area is 178 Å². The van der Waals surface area contributed by atoms with Gasteiger partial charge in [-0.05, 0) is 84.6 Å². The van der Waals surface area contributed by atoms with E-state index in [1.807, 2.05) is 11.8 Å². The molecule has 0 N–H and O–H groups in total. The minimum absolute atomic E-state index is 0.212. The van der Waals surface area contributed by atoms with Gasteiger partial charge in [-0.3, -0.25) is 0 Å². The van der Waals surface area contributed by atoms with Gasteiger partial charge in [0.2, 0.25) is 0 Å². The van der Waals surface area contributed by atoms with Crippen molar-refractivity contribution >= 4 is 11.8 Å². The van der Waals surface area contributed by atoms with E-state index in [0.717, 1.165) is 36.7 Å². The first kappa shape index (κ1) is 19.3. The van der Waals surface area contributed by atoms with Gasteiger partial charge in [-0.25, -0.2) is 0 Å². The van der Waals surface area contributed by atoms with Gasteiger partial charge in [0, 0.05) is 0 Å². The Bertz CT molecular complexity index is 876. The van der Waals surface area contributed by atoms with Crippen molar-refractivity contribution in [1.29, 1.82) is 0 Å². The highest BCUT2D eigenvalue weighted by atomic mass is 32.2. The molecule has 3 atom stereocenters. The molecular weight excluding hydrogens is 380 g/mol. The molecule has 0 radical (unpaired) electrons. The van der Waals surface area contributed by atoms with E-state index < -0.39 is 0 Å². The first-order chi connectivity index (χ1) is 14.2. The van der Waals surface area contributed by atoms with E-state index in [2.05, 4.69) is 49.6 Å². The predicted molar refractivity (Wildman–Crippen MR) is 118 cm³/mol. The SMILES string of the molecule is CSC1C[C@H](C)C[C@H](c2ccc(C3CC3)c(Cc3ccc4c(c3)OCCO4)c2)O1. The van der Waals surface area contributed by atoms with Crippen LogP contribution in [0.15, 0.2) is 36.4 Å². The maximum Gasteiger partial charge on any atom is 0.161 e. The van der Waals surface area contributed by atoms with Crippen molar-refractivity contribution < 1.29 is 14.2 Å². The molecule has 1 unspecified atom stereocenters. The molecule has 3 nitrogen and oxygen atoms in total. The Hall–Kier alpha value is -1.65. The second-order valence-corrected chi connectivity index (χ2v) is 9.75. The van der Waals surface area contributed by atoms with E-state index in [0.29, 0.717) is 24.6 Å². The number of fused-ring (bicyclic) bond motifs is 1. The van der Waals surface area contributed by atoms with Crippen molar-refractivity contribution in [2.45, 2.75) is 56.5 Å². The number of hydrogen-bond acceptors (Lipinski definition) is 4. The van der Waals surface area contributed by atoms with Crippen LogP contribution in [0.25, 0.3) is 0 Å². The van der Waals surface area contributed by atoms with Crippen molar-refractivity contribution in [3.63, 3.8) is 0 Å². The van der Waals surface area contributed by atoms with E-state index >= 15 is 0 Å². The quantitative estimate of drug-likeness (QED) is 0.595. The Balaban J connectivity index is 1.43. The van der Waals surface area contributed by atoms with Crippen LogP contribution in [-0.4, -0.2) is 24.9 Å². The van der Waals surface area contributed by atoms with Crippen molar-refractivity contribution in [2.24, 2.45) is 5.92 Å². The molecule has 2 aliphatic heterocycles. The number of hydrogen-bond donors (Lipinski definition) is 0. The minimum Gasteiger partial charge on any atom is -0.486 e. The van der Waals surface area contributed by atoms with Gasteiger partial charge in [-0.15, -0.1) is 11.8 Å². The summed E-state index contributed by atoms with van der Waals surface area (Å²) in [4.78, 5) is 0. The third-order valence-corrected chi connectivity index (χ3v) is 7.18. The van der Waals surface area contributed by atoms with Gasteiger partial charge in [0.1, 0.15) is 18.6 Å². The summed E-state index contributed by atoms with van der Waals surface area (Å²) in [5.74, 6) is 3.19. The summed E-state index contributed by atoms with van der Waals surface area (Å²) in [5, 5.41) is 0. The summed E-state index contributed by atoms with van der Waals surface area (Å²) in [5.41, 5.74) is 5.91. The van der Waals surface area contributed by atoms with Gasteiger partial charge in [-0.2, -0.15) is 0 Å². The molecule has 29 heavy (non-hydrogen) atoms. The third kappa shape index (κ3) is 4.29. The summed E-state index contributed by atoms with van der Waals surface area (Å²) >= 11 is 1.84. The number of thioether (sulfide) groups is 1. The summed E-state index contributed by atoms with van der Waals surface area (Å²) in [7, 11) is 0. The molecule has 0 amide bonds. The van der Waals surface area contributed by atoms with Gasteiger partial charge in [-0.1, -0.05) is 31.2 Å². The van der Waals surface area contributed by atoms with Gasteiger partial charge in [0.15, 0.2) is 11.5 Å². The van der Waals surface area contributed by atoms with Crippen LogP contribution in [0.1, 0.15) is 66.9 Å². The summed E-state index contributed by atoms with van der Waals surface area (Å²) < 4.78 is 17.9. The van der Waals surface area contributed by atoms with Crippen LogP contribution in [0, 0.1) is 5.92 Å². The molecule has 0 bridgehead atoms. The van der Waals surface area contributed by atoms with Gasteiger partial charge >= 0.3 is 0 Å². The van der Waals surface area contributed by atoms with E-state index in [4.69, 9.17) is 14.2 Å². The minimum atomic E-state index is 0.212. The lowest BCUT2D eigenvalue weighted by Crippen LogP contribution is -2.24. The highest BCUT2D eigenvalue weighted by molar-refractivity contribution is 7.99. The average molecular weight is 411 g/mol. The first-order valence-corrected chi connectivity index (χ1v) is 12.2. The van der Waals surface area contributed by atoms with Crippen molar-refractivity contribution in [2.75, 3.05) is 19.5 Å². The number of benzene rings is 2. The van der Waals surface area contributed by atoms with Crippen LogP contribution < -0.4 is 9.47 Å². The maximum absolute atomic E-state index is 6.41. The van der Waals surface area contributed by atoms with Crippen LogP contribution in [0.5, 0.6) is 11.5 Å². The summed E-state index contributed by atoms with van der Waals surface area (Å²) in [6, 6.07) is 13.5. The topological polar surface area (TPSA) is 27.7 Å². The molecule has 2 fully saturated rings. The average Bonchev–Trinajstić information content (AvgIpc) is 3.58. The molecule has 154 valence electrons. The lowest BCUT2D eigenvalue weighted by Gasteiger charge is -2.33. The van der Waals surface area contributed by atoms with Crippen molar-refractivity contribution in [1.82, 2.24) is 0 Å². The van der Waals surface area contributed by atoms with Crippen LogP contribution in [0.3, 0.4) is 0 Å². The Morgan fingerprint density at radius 3 is 2.59 bits per heavy atom. The zero-order valence-corrected chi connectivity index (χ0v) is 18.2. The highest BCUT2D eigenvalue weighted by Gasteiger charge is 2.30. The maximum atomic E-state index is 6.41. The predicted octanol–water partition coefficient (Wildman–Crippen LogP) is 6.10. The molecule has 1 aliphatic carbocycles. The van der Waals surface area contributed by atoms with Gasteiger partial charge in [0.05, 0.1) is 6.10 Å². The standard InChI is InChI=1S/C25H30O3S/c1-16-11-23(28-25(12-16)29-2)19-6-7-21(18-4-5-18)20(15-19)13-17-3-8-22-24(14-17)27-10-9-26-22/h3,6-8,14-16,18,23,25H,4-5,9-13H2,1-2H3/t16-,23-,25?/m1/s1. The smallest absolute Gasteiger partial charge is 0.161 e.